The molecule has 0 radical (unpaired) electrons. The minimum Gasteiger partial charge on any atom is -0.484 e. The number of nitrogens with one attached hydrogen (secondary N) is 1. The van der Waals surface area contributed by atoms with Gasteiger partial charge < -0.3 is 19.4 Å². The zero-order valence-electron chi connectivity index (χ0n) is 21.8. The molecule has 0 spiro atoms. The lowest BCUT2D eigenvalue weighted by Crippen LogP contribution is -2.41. The zero-order valence-corrected chi connectivity index (χ0v) is 21.8. The van der Waals surface area contributed by atoms with E-state index in [0.717, 1.165) is 16.7 Å². The molecule has 3 aromatic rings. The summed E-state index contributed by atoms with van der Waals surface area (Å²) in [5.74, 6) is 0.812. The summed E-state index contributed by atoms with van der Waals surface area (Å²) in [6.07, 6.45) is 2.45. The van der Waals surface area contributed by atoms with E-state index in [1.165, 1.54) is 18.4 Å². The quantitative estimate of drug-likeness (QED) is 0.425. The molecule has 7 nitrogen and oxygen atoms in total. The van der Waals surface area contributed by atoms with E-state index in [-0.39, 0.29) is 41.7 Å². The fourth-order valence-electron chi connectivity index (χ4n) is 4.47. The number of carbonyl (C=O) groups excluding carboxylic acids is 2. The third kappa shape index (κ3) is 6.56. The first kappa shape index (κ1) is 26.4. The summed E-state index contributed by atoms with van der Waals surface area (Å²) in [6.45, 7) is 9.21. The lowest BCUT2D eigenvalue weighted by atomic mass is 9.87. The summed E-state index contributed by atoms with van der Waals surface area (Å²) >= 11 is 0. The van der Waals surface area contributed by atoms with Gasteiger partial charge in [0.1, 0.15) is 17.8 Å². The van der Waals surface area contributed by atoms with E-state index in [0.29, 0.717) is 37.6 Å². The molecule has 0 bridgehead atoms. The van der Waals surface area contributed by atoms with Gasteiger partial charge in [-0.1, -0.05) is 45.9 Å². The average molecular weight is 508 g/mol. The summed E-state index contributed by atoms with van der Waals surface area (Å²) in [4.78, 5) is 31.5. The Morgan fingerprint density at radius 1 is 1.16 bits per heavy atom. The van der Waals surface area contributed by atoms with Crippen molar-refractivity contribution >= 4 is 11.8 Å². The molecule has 2 heterocycles. The number of rotatable bonds is 9. The Hall–Kier alpha value is -3.68. The van der Waals surface area contributed by atoms with E-state index >= 15 is 0 Å². The van der Waals surface area contributed by atoms with E-state index in [4.69, 9.17) is 9.15 Å². The van der Waals surface area contributed by atoms with E-state index in [1.54, 1.807) is 6.07 Å². The highest BCUT2D eigenvalue weighted by Gasteiger charge is 2.32. The van der Waals surface area contributed by atoms with Crippen LogP contribution in [-0.2, 0) is 17.8 Å². The molecule has 1 aliphatic rings. The van der Waals surface area contributed by atoms with Crippen LogP contribution in [0, 0.1) is 17.7 Å². The summed E-state index contributed by atoms with van der Waals surface area (Å²) in [6, 6.07) is 11.8. The molecule has 37 heavy (non-hydrogen) atoms. The highest BCUT2D eigenvalue weighted by Crippen LogP contribution is 2.38. The van der Waals surface area contributed by atoms with Crippen molar-refractivity contribution in [2.24, 2.45) is 11.8 Å². The first-order valence-corrected chi connectivity index (χ1v) is 12.7. The van der Waals surface area contributed by atoms with Crippen molar-refractivity contribution in [3.63, 3.8) is 0 Å². The van der Waals surface area contributed by atoms with Gasteiger partial charge in [-0.15, -0.1) is 0 Å². The Bertz CT molecular complexity index is 1250. The van der Waals surface area contributed by atoms with Gasteiger partial charge in [-0.05, 0) is 59.2 Å². The summed E-state index contributed by atoms with van der Waals surface area (Å²) < 4.78 is 25.6. The first-order chi connectivity index (χ1) is 17.7. The lowest BCUT2D eigenvalue weighted by molar-refractivity contribution is -0.134. The minimum absolute atomic E-state index is 0.0386. The Morgan fingerprint density at radius 3 is 2.70 bits per heavy atom. The zero-order chi connectivity index (χ0) is 26.5. The van der Waals surface area contributed by atoms with Gasteiger partial charge in [-0.25, -0.2) is 9.37 Å². The smallest absolute Gasteiger partial charge is 0.273 e. The Balaban J connectivity index is 1.55. The second kappa shape index (κ2) is 11.6. The maximum absolute atomic E-state index is 14.2. The fourth-order valence-corrected chi connectivity index (χ4v) is 4.47. The predicted octanol–water partition coefficient (Wildman–Crippen LogP) is 5.30. The van der Waals surface area contributed by atoms with Crippen LogP contribution in [-0.4, -0.2) is 34.8 Å². The molecule has 0 saturated heterocycles. The molecule has 1 atom stereocenters. The van der Waals surface area contributed by atoms with Gasteiger partial charge in [0, 0.05) is 19.5 Å². The standard InChI is InChI=1S/C29H34FN3O4/c1-18(2)12-27(34)33-11-10-20-8-9-23(14-24(20)28(33)21-6-5-7-22(30)13-21)36-17-26-32-25(16-37-26)29(35)31-15-19(3)4/h5-9,13-14,16,18-19,28H,10-12,15,17H2,1-4H3,(H,31,35). The van der Waals surface area contributed by atoms with Crippen LogP contribution in [0.15, 0.2) is 53.1 Å². The monoisotopic (exact) mass is 507 g/mol. The Morgan fingerprint density at radius 2 is 1.97 bits per heavy atom. The minimum atomic E-state index is -0.410. The SMILES string of the molecule is CC(C)CNC(=O)c1coc(COc2ccc3c(c2)C(c2cccc(F)c2)N(C(=O)CC(C)C)CC3)n1. The molecule has 4 rings (SSSR count). The first-order valence-electron chi connectivity index (χ1n) is 12.7. The summed E-state index contributed by atoms with van der Waals surface area (Å²) in [5, 5.41) is 2.81. The topological polar surface area (TPSA) is 84.7 Å². The highest BCUT2D eigenvalue weighted by atomic mass is 19.1. The van der Waals surface area contributed by atoms with Gasteiger partial charge in [0.15, 0.2) is 12.3 Å². The van der Waals surface area contributed by atoms with Crippen molar-refractivity contribution in [2.75, 3.05) is 13.1 Å². The van der Waals surface area contributed by atoms with Crippen LogP contribution < -0.4 is 10.1 Å². The summed E-state index contributed by atoms with van der Waals surface area (Å²) in [7, 11) is 0. The molecule has 2 aromatic carbocycles. The molecule has 0 aliphatic carbocycles. The molecule has 1 aromatic heterocycles. The number of aromatic nitrogens is 1. The normalized spacial score (nSPS) is 15.1. The van der Waals surface area contributed by atoms with Crippen LogP contribution in [0.4, 0.5) is 4.39 Å². The van der Waals surface area contributed by atoms with E-state index in [1.807, 2.05) is 56.9 Å². The van der Waals surface area contributed by atoms with Crippen molar-refractivity contribution in [1.29, 1.82) is 0 Å². The number of hydrogen-bond donors (Lipinski definition) is 1. The van der Waals surface area contributed by atoms with Gasteiger partial charge in [0.05, 0.1) is 6.04 Å². The van der Waals surface area contributed by atoms with Crippen molar-refractivity contribution < 1.29 is 23.1 Å². The number of benzene rings is 2. The van der Waals surface area contributed by atoms with E-state index < -0.39 is 6.04 Å². The summed E-state index contributed by atoms with van der Waals surface area (Å²) in [5.41, 5.74) is 2.93. The molecular formula is C29H34FN3O4. The van der Waals surface area contributed by atoms with Gasteiger partial charge >= 0.3 is 0 Å². The Labute approximate surface area is 217 Å². The van der Waals surface area contributed by atoms with Crippen molar-refractivity contribution in [1.82, 2.24) is 15.2 Å². The van der Waals surface area contributed by atoms with E-state index in [2.05, 4.69) is 10.3 Å². The van der Waals surface area contributed by atoms with Crippen molar-refractivity contribution in [2.45, 2.75) is 53.2 Å². The number of carbonyl (C=O) groups is 2. The highest BCUT2D eigenvalue weighted by molar-refractivity contribution is 5.91. The number of amides is 2. The van der Waals surface area contributed by atoms with Crippen LogP contribution >= 0.6 is 0 Å². The molecule has 1 unspecified atom stereocenters. The number of fused-ring (bicyclic) bond motifs is 1. The van der Waals surface area contributed by atoms with Gasteiger partial charge in [0.25, 0.3) is 5.91 Å². The predicted molar refractivity (Wildman–Crippen MR) is 138 cm³/mol. The molecular weight excluding hydrogens is 473 g/mol. The van der Waals surface area contributed by atoms with Crippen LogP contribution in [0.2, 0.25) is 0 Å². The lowest BCUT2D eigenvalue weighted by Gasteiger charge is -2.38. The molecule has 0 saturated carbocycles. The van der Waals surface area contributed by atoms with Crippen LogP contribution in [0.1, 0.15) is 73.2 Å². The average Bonchev–Trinajstić information content (AvgIpc) is 3.34. The van der Waals surface area contributed by atoms with Gasteiger partial charge in [-0.2, -0.15) is 0 Å². The molecule has 196 valence electrons. The van der Waals surface area contributed by atoms with Crippen LogP contribution in [0.5, 0.6) is 5.75 Å². The molecule has 0 fully saturated rings. The van der Waals surface area contributed by atoms with Gasteiger partial charge in [-0.3, -0.25) is 9.59 Å². The number of halogens is 1. The Kier molecular flexibility index (Phi) is 8.26. The van der Waals surface area contributed by atoms with Gasteiger partial charge in [0.2, 0.25) is 11.8 Å². The molecule has 1 aliphatic heterocycles. The molecule has 1 N–H and O–H groups in total. The number of oxazole rings is 1. The third-order valence-corrected chi connectivity index (χ3v) is 6.23. The number of ether oxygens (including phenoxy) is 1. The second-order valence-electron chi connectivity index (χ2n) is 10.3. The maximum atomic E-state index is 14.2. The van der Waals surface area contributed by atoms with Crippen molar-refractivity contribution in [3.05, 3.63) is 82.8 Å². The number of hydrogen-bond acceptors (Lipinski definition) is 5. The number of nitrogens with zero attached hydrogens (tertiary/aromatic N) is 2. The van der Waals surface area contributed by atoms with Crippen LogP contribution in [0.25, 0.3) is 0 Å². The molecule has 2 amide bonds. The third-order valence-electron chi connectivity index (χ3n) is 6.23. The second-order valence-corrected chi connectivity index (χ2v) is 10.3. The van der Waals surface area contributed by atoms with Crippen LogP contribution in [0.3, 0.4) is 0 Å². The largest absolute Gasteiger partial charge is 0.484 e. The van der Waals surface area contributed by atoms with Crippen molar-refractivity contribution in [3.8, 4) is 5.75 Å². The molecule has 8 heteroatoms. The maximum Gasteiger partial charge on any atom is 0.273 e. The van der Waals surface area contributed by atoms with E-state index in [9.17, 15) is 14.0 Å². The fraction of sp³-hybridized carbons (Fsp3) is 0.414.